The van der Waals surface area contributed by atoms with E-state index < -0.39 is 66.6 Å². The van der Waals surface area contributed by atoms with E-state index in [2.05, 4.69) is 21.3 Å². The first kappa shape index (κ1) is 46.4. The molecule has 0 rings (SSSR count). The molecular formula is C28H46F3N5O13. The SMILES string of the molecule is NCCCCC(NC(=O)CCCCCCC(=O)NCCCCC(NC(=O)NC(CCC(=O)O)C(=O)O)C(=O)O)C(=O)O.O=C(O)C(F)(F)F. The zero-order valence-electron chi connectivity index (χ0n) is 26.8. The minimum atomic E-state index is -5.08. The minimum Gasteiger partial charge on any atom is -0.481 e. The molecule has 18 nitrogen and oxygen atoms in total. The van der Waals surface area contributed by atoms with Gasteiger partial charge in [0.1, 0.15) is 18.1 Å². The molecule has 0 aliphatic carbocycles. The van der Waals surface area contributed by atoms with Crippen LogP contribution in [0, 0.1) is 0 Å². The lowest BCUT2D eigenvalue weighted by atomic mass is 10.1. The fourth-order valence-corrected chi connectivity index (χ4v) is 3.87. The first-order chi connectivity index (χ1) is 22.8. The largest absolute Gasteiger partial charge is 0.490 e. The van der Waals surface area contributed by atoms with Gasteiger partial charge in [-0.15, -0.1) is 0 Å². The third-order valence-electron chi connectivity index (χ3n) is 6.48. The summed E-state index contributed by atoms with van der Waals surface area (Å²) in [6.45, 7) is 0.758. The lowest BCUT2D eigenvalue weighted by Gasteiger charge is -2.18. The van der Waals surface area contributed by atoms with Crippen LogP contribution in [0.5, 0.6) is 0 Å². The number of nitrogens with one attached hydrogen (secondary N) is 4. The van der Waals surface area contributed by atoms with Crippen molar-refractivity contribution in [3.05, 3.63) is 0 Å². The molecule has 0 heterocycles. The molecule has 0 saturated carbocycles. The topological polar surface area (TPSA) is 312 Å². The Hall–Kier alpha value is -4.69. The van der Waals surface area contributed by atoms with Crippen LogP contribution >= 0.6 is 0 Å². The lowest BCUT2D eigenvalue weighted by Crippen LogP contribution is -2.51. The van der Waals surface area contributed by atoms with Crippen molar-refractivity contribution >= 4 is 47.7 Å². The Kier molecular flexibility index (Phi) is 24.9. The van der Waals surface area contributed by atoms with E-state index in [1.165, 1.54) is 0 Å². The Morgan fingerprint density at radius 3 is 1.41 bits per heavy atom. The maximum absolute atomic E-state index is 12.0. The number of halogens is 3. The number of alkyl halides is 3. The average molecular weight is 718 g/mol. The third kappa shape index (κ3) is 27.0. The predicted octanol–water partition coefficient (Wildman–Crippen LogP) is 1.02. The second-order valence-corrected chi connectivity index (χ2v) is 10.6. The fourth-order valence-electron chi connectivity index (χ4n) is 3.87. The Labute approximate surface area is 279 Å². The normalized spacial score (nSPS) is 12.6. The van der Waals surface area contributed by atoms with Crippen LogP contribution in [0.15, 0.2) is 0 Å². The van der Waals surface area contributed by atoms with Crippen LogP contribution < -0.4 is 27.0 Å². The van der Waals surface area contributed by atoms with Gasteiger partial charge in [0.05, 0.1) is 0 Å². The number of hydrogen-bond donors (Lipinski definition) is 10. The standard InChI is InChI=1S/C26H45N5O11.C2HF3O2/c27-15-7-5-9-17(23(36)37)29-21(33)12-4-2-1-3-11-20(32)28-16-8-6-10-18(24(38)39)30-26(42)31-19(25(40)41)13-14-22(34)35;3-2(4,5)1(6)7/h17-19H,1-16,27H2,(H,28,32)(H,29,33)(H,34,35)(H,36,37)(H,38,39)(H,40,41)(H2,30,31,42);(H,6,7). The number of hydrogen-bond acceptors (Lipinski definition) is 9. The monoisotopic (exact) mass is 717 g/mol. The molecule has 3 unspecified atom stereocenters. The van der Waals surface area contributed by atoms with Gasteiger partial charge in [-0.3, -0.25) is 14.4 Å². The van der Waals surface area contributed by atoms with Gasteiger partial charge in [0.15, 0.2) is 0 Å². The second kappa shape index (κ2) is 26.3. The number of carboxylic acid groups (broad SMARTS) is 5. The summed E-state index contributed by atoms with van der Waals surface area (Å²) >= 11 is 0. The molecule has 0 aromatic rings. The third-order valence-corrected chi connectivity index (χ3v) is 6.48. The Balaban J connectivity index is 0. The van der Waals surface area contributed by atoms with E-state index in [-0.39, 0.29) is 37.5 Å². The maximum atomic E-state index is 12.0. The average Bonchev–Trinajstić information content (AvgIpc) is 2.99. The highest BCUT2D eigenvalue weighted by Gasteiger charge is 2.38. The number of carboxylic acids is 5. The number of rotatable bonds is 25. The lowest BCUT2D eigenvalue weighted by molar-refractivity contribution is -0.192. The van der Waals surface area contributed by atoms with E-state index in [4.69, 9.17) is 25.8 Å². The van der Waals surface area contributed by atoms with E-state index in [1.54, 1.807) is 0 Å². The van der Waals surface area contributed by atoms with Crippen molar-refractivity contribution < 1.29 is 77.1 Å². The molecule has 0 aromatic heterocycles. The van der Waals surface area contributed by atoms with E-state index in [0.717, 1.165) is 0 Å². The summed E-state index contributed by atoms with van der Waals surface area (Å²) in [5.74, 6) is -8.34. The smallest absolute Gasteiger partial charge is 0.481 e. The van der Waals surface area contributed by atoms with Crippen LogP contribution in [0.2, 0.25) is 0 Å². The molecule has 0 spiro atoms. The molecule has 21 heteroatoms. The molecule has 4 amide bonds. The number of aliphatic carboxylic acids is 5. The van der Waals surface area contributed by atoms with Gasteiger partial charge >= 0.3 is 42.1 Å². The van der Waals surface area contributed by atoms with Crippen LogP contribution in [0.4, 0.5) is 18.0 Å². The highest BCUT2D eigenvalue weighted by atomic mass is 19.4. The van der Waals surface area contributed by atoms with E-state index in [0.29, 0.717) is 70.9 Å². The molecule has 0 saturated heterocycles. The van der Waals surface area contributed by atoms with Crippen molar-refractivity contribution in [2.75, 3.05) is 13.1 Å². The Morgan fingerprint density at radius 1 is 0.551 bits per heavy atom. The first-order valence-electron chi connectivity index (χ1n) is 15.3. The summed E-state index contributed by atoms with van der Waals surface area (Å²) in [5.41, 5.74) is 5.40. The van der Waals surface area contributed by atoms with Crippen molar-refractivity contribution in [2.45, 2.75) is 114 Å². The molecule has 0 fully saturated rings. The molecular weight excluding hydrogens is 671 g/mol. The van der Waals surface area contributed by atoms with Crippen LogP contribution in [0.25, 0.3) is 0 Å². The zero-order valence-corrected chi connectivity index (χ0v) is 26.8. The number of nitrogens with two attached hydrogens (primary N) is 1. The van der Waals surface area contributed by atoms with Crippen molar-refractivity contribution in [2.24, 2.45) is 5.73 Å². The van der Waals surface area contributed by atoms with Crippen molar-refractivity contribution in [1.29, 1.82) is 0 Å². The molecule has 0 aliphatic rings. The molecule has 282 valence electrons. The van der Waals surface area contributed by atoms with Gasteiger partial charge in [-0.2, -0.15) is 13.2 Å². The van der Waals surface area contributed by atoms with Crippen molar-refractivity contribution in [3.63, 3.8) is 0 Å². The second-order valence-electron chi connectivity index (χ2n) is 10.6. The summed E-state index contributed by atoms with van der Waals surface area (Å²) in [7, 11) is 0. The maximum Gasteiger partial charge on any atom is 0.490 e. The number of carbonyl (C=O) groups is 8. The van der Waals surface area contributed by atoms with Gasteiger partial charge in [0.25, 0.3) is 0 Å². The first-order valence-corrected chi connectivity index (χ1v) is 15.3. The highest BCUT2D eigenvalue weighted by Crippen LogP contribution is 2.13. The van der Waals surface area contributed by atoms with Crippen LogP contribution in [0.3, 0.4) is 0 Å². The summed E-state index contributed by atoms with van der Waals surface area (Å²) in [6.07, 6.45) is -0.424. The Bertz CT molecular complexity index is 1090. The van der Waals surface area contributed by atoms with E-state index in [9.17, 15) is 56.9 Å². The summed E-state index contributed by atoms with van der Waals surface area (Å²) in [6, 6.07) is -4.76. The Morgan fingerprint density at radius 2 is 0.980 bits per heavy atom. The number of unbranched alkanes of at least 4 members (excludes halogenated alkanes) is 5. The van der Waals surface area contributed by atoms with Crippen molar-refractivity contribution in [3.8, 4) is 0 Å². The number of urea groups is 1. The molecule has 11 N–H and O–H groups in total. The molecule has 3 atom stereocenters. The zero-order chi connectivity index (χ0) is 38.0. The highest BCUT2D eigenvalue weighted by molar-refractivity contribution is 5.86. The predicted molar refractivity (Wildman–Crippen MR) is 162 cm³/mol. The van der Waals surface area contributed by atoms with Gasteiger partial charge in [-0.25, -0.2) is 24.0 Å². The van der Waals surface area contributed by atoms with Crippen molar-refractivity contribution in [1.82, 2.24) is 21.3 Å². The van der Waals surface area contributed by atoms with Crippen LogP contribution in [-0.4, -0.2) is 111 Å². The summed E-state index contributed by atoms with van der Waals surface area (Å²) in [5, 5.41) is 52.9. The number of carbonyl (C=O) groups excluding carboxylic acids is 3. The van der Waals surface area contributed by atoms with E-state index in [1.807, 2.05) is 0 Å². The van der Waals surface area contributed by atoms with E-state index >= 15 is 0 Å². The van der Waals surface area contributed by atoms with Crippen LogP contribution in [-0.2, 0) is 33.6 Å². The molecule has 0 radical (unpaired) electrons. The summed E-state index contributed by atoms with van der Waals surface area (Å²) in [4.78, 5) is 89.4. The van der Waals surface area contributed by atoms with Gasteiger partial charge in [0, 0.05) is 25.8 Å². The van der Waals surface area contributed by atoms with Gasteiger partial charge in [-0.1, -0.05) is 12.8 Å². The molecule has 0 aliphatic heterocycles. The van der Waals surface area contributed by atoms with Gasteiger partial charge in [-0.05, 0) is 64.3 Å². The minimum absolute atomic E-state index is 0.0278. The molecule has 0 bridgehead atoms. The number of amides is 4. The van der Waals surface area contributed by atoms with Gasteiger partial charge in [0.2, 0.25) is 11.8 Å². The van der Waals surface area contributed by atoms with Gasteiger partial charge < -0.3 is 52.5 Å². The summed E-state index contributed by atoms with van der Waals surface area (Å²) < 4.78 is 31.7. The molecule has 49 heavy (non-hydrogen) atoms. The molecule has 0 aromatic carbocycles. The fraction of sp³-hybridized carbons (Fsp3) is 0.714. The quantitative estimate of drug-likeness (QED) is 0.0590. The van der Waals surface area contributed by atoms with Crippen LogP contribution in [0.1, 0.15) is 89.9 Å².